The number of benzene rings is 3. The number of hydrogen-bond acceptors (Lipinski definition) is 6. The Morgan fingerprint density at radius 2 is 1.58 bits per heavy atom. The number of thiol groups is 1. The summed E-state index contributed by atoms with van der Waals surface area (Å²) in [6.07, 6.45) is 9.19. The molecule has 1 aliphatic heterocycles. The number of carbonyl (C=O) groups is 3. The van der Waals surface area contributed by atoms with Crippen LogP contribution in [-0.4, -0.2) is 44.8 Å². The Morgan fingerprint density at radius 3 is 2.33 bits per heavy atom. The predicted molar refractivity (Wildman–Crippen MR) is 192 cm³/mol. The van der Waals surface area contributed by atoms with Crippen molar-refractivity contribution in [3.05, 3.63) is 126 Å². The minimum Gasteiger partial charge on any atom is -0.372 e. The number of anilines is 2. The summed E-state index contributed by atoms with van der Waals surface area (Å²) in [5, 5.41) is 10.2. The third kappa shape index (κ3) is 8.01. The molecule has 1 atom stereocenters. The molecule has 0 spiro atoms. The maximum atomic E-state index is 13.5. The van der Waals surface area contributed by atoms with Crippen LogP contribution in [0, 0.1) is 5.92 Å². The fraction of sp³-hybridized carbons (Fsp3) is 0.237. The zero-order valence-corrected chi connectivity index (χ0v) is 27.7. The highest BCUT2D eigenvalue weighted by Crippen LogP contribution is 2.33. The standard InChI is InChI=1S/C38H38N6O3S/c1-26(38(47)48)21-28-7-5-8-29(22-28)37(46)42-34-14-13-32(43-18-3-2-4-19-43)24-33(34)35-23-30(15-17-39-35)36(45)40-25-27-9-11-31(12-10-27)44-20-6-16-41-44/h5-17,20,22-24,26H,2-4,18-19,21,25H2,1H3,(H,40,45)(H,42,46)(H,47,48). The first kappa shape index (κ1) is 32.7. The number of nitrogens with zero attached hydrogens (tertiary/aromatic N) is 4. The zero-order chi connectivity index (χ0) is 33.5. The molecule has 1 aliphatic rings. The Balaban J connectivity index is 1.23. The van der Waals surface area contributed by atoms with E-state index in [2.05, 4.69) is 38.2 Å². The SMILES string of the molecule is CC(Cc1cccc(C(=O)Nc2ccc(N3CCCCC3)cc2-c2cc(C(=O)NCc3ccc(-n4cccn4)cc3)ccn2)c1)C(=O)S. The first-order chi connectivity index (χ1) is 23.3. The van der Waals surface area contributed by atoms with Gasteiger partial charge in [0.05, 0.1) is 17.1 Å². The van der Waals surface area contributed by atoms with Crippen LogP contribution >= 0.6 is 12.6 Å². The van der Waals surface area contributed by atoms with Crippen molar-refractivity contribution in [2.24, 2.45) is 5.92 Å². The van der Waals surface area contributed by atoms with Crippen LogP contribution in [0.25, 0.3) is 16.9 Å². The van der Waals surface area contributed by atoms with Gasteiger partial charge in [-0.25, -0.2) is 4.68 Å². The second-order valence-electron chi connectivity index (χ2n) is 12.1. The molecular weight excluding hydrogens is 621 g/mol. The van der Waals surface area contributed by atoms with Gasteiger partial charge in [-0.05, 0) is 97.5 Å². The average Bonchev–Trinajstić information content (AvgIpc) is 3.67. The van der Waals surface area contributed by atoms with Gasteiger partial charge in [0.15, 0.2) is 5.12 Å². The Bertz CT molecular complexity index is 1900. The lowest BCUT2D eigenvalue weighted by atomic mass is 10.00. The van der Waals surface area contributed by atoms with Gasteiger partial charge in [-0.1, -0.05) is 31.2 Å². The number of carbonyl (C=O) groups excluding carboxylic acids is 3. The predicted octanol–water partition coefficient (Wildman–Crippen LogP) is 6.74. The van der Waals surface area contributed by atoms with Gasteiger partial charge in [-0.15, -0.1) is 12.6 Å². The molecule has 6 rings (SSSR count). The van der Waals surface area contributed by atoms with E-state index in [4.69, 9.17) is 0 Å². The maximum absolute atomic E-state index is 13.5. The molecule has 2 aromatic heterocycles. The van der Waals surface area contributed by atoms with Crippen molar-refractivity contribution in [1.82, 2.24) is 20.1 Å². The number of pyridine rings is 1. The van der Waals surface area contributed by atoms with Gasteiger partial charge in [-0.2, -0.15) is 5.10 Å². The molecule has 10 heteroatoms. The van der Waals surface area contributed by atoms with Gasteiger partial charge < -0.3 is 15.5 Å². The molecule has 0 bridgehead atoms. The monoisotopic (exact) mass is 658 g/mol. The number of hydrogen-bond donors (Lipinski definition) is 3. The number of amides is 2. The largest absolute Gasteiger partial charge is 0.372 e. The van der Waals surface area contributed by atoms with Crippen LogP contribution in [0.2, 0.25) is 0 Å². The first-order valence-corrected chi connectivity index (χ1v) is 16.6. The van der Waals surface area contributed by atoms with Crippen molar-refractivity contribution < 1.29 is 14.4 Å². The number of aromatic nitrogens is 3. The molecule has 3 heterocycles. The molecule has 244 valence electrons. The third-order valence-electron chi connectivity index (χ3n) is 8.58. The average molecular weight is 659 g/mol. The summed E-state index contributed by atoms with van der Waals surface area (Å²) < 4.78 is 1.78. The highest BCUT2D eigenvalue weighted by molar-refractivity contribution is 7.96. The number of piperidine rings is 1. The molecule has 1 fully saturated rings. The van der Waals surface area contributed by atoms with Crippen molar-refractivity contribution in [3.63, 3.8) is 0 Å². The summed E-state index contributed by atoms with van der Waals surface area (Å²) in [6, 6.07) is 26.4. The van der Waals surface area contributed by atoms with Crippen LogP contribution in [0.3, 0.4) is 0 Å². The van der Waals surface area contributed by atoms with Crippen LogP contribution in [-0.2, 0) is 17.8 Å². The molecule has 0 aliphatic carbocycles. The second-order valence-corrected chi connectivity index (χ2v) is 12.5. The number of nitrogens with one attached hydrogen (secondary N) is 2. The zero-order valence-electron chi connectivity index (χ0n) is 26.8. The summed E-state index contributed by atoms with van der Waals surface area (Å²) in [4.78, 5) is 45.5. The lowest BCUT2D eigenvalue weighted by molar-refractivity contribution is -0.113. The van der Waals surface area contributed by atoms with Crippen LogP contribution in [0.1, 0.15) is 58.0 Å². The van der Waals surface area contributed by atoms with Crippen molar-refractivity contribution in [3.8, 4) is 16.9 Å². The molecule has 5 aromatic rings. The molecule has 48 heavy (non-hydrogen) atoms. The Labute approximate surface area is 285 Å². The first-order valence-electron chi connectivity index (χ1n) is 16.2. The molecule has 9 nitrogen and oxygen atoms in total. The van der Waals surface area contributed by atoms with E-state index in [9.17, 15) is 14.4 Å². The minimum absolute atomic E-state index is 0.188. The Kier molecular flexibility index (Phi) is 10.3. The molecule has 3 aromatic carbocycles. The van der Waals surface area contributed by atoms with E-state index in [0.29, 0.717) is 35.5 Å². The van der Waals surface area contributed by atoms with Crippen molar-refractivity contribution >= 4 is 40.9 Å². The van der Waals surface area contributed by atoms with Crippen molar-refractivity contribution in [2.75, 3.05) is 23.3 Å². The van der Waals surface area contributed by atoms with E-state index >= 15 is 0 Å². The molecule has 2 amide bonds. The minimum atomic E-state index is -0.277. The molecule has 0 radical (unpaired) electrons. The Hall–Kier alpha value is -5.22. The smallest absolute Gasteiger partial charge is 0.255 e. The molecule has 1 unspecified atom stereocenters. The van der Waals surface area contributed by atoms with Crippen molar-refractivity contribution in [2.45, 2.75) is 39.2 Å². The normalized spacial score (nSPS) is 13.5. The highest BCUT2D eigenvalue weighted by atomic mass is 32.1. The second kappa shape index (κ2) is 15.1. The van der Waals surface area contributed by atoms with Crippen LogP contribution < -0.4 is 15.5 Å². The van der Waals surface area contributed by atoms with Crippen LogP contribution in [0.5, 0.6) is 0 Å². The molecule has 1 saturated heterocycles. The lowest BCUT2D eigenvalue weighted by Gasteiger charge is -2.29. The summed E-state index contributed by atoms with van der Waals surface area (Å²) in [7, 11) is 0. The van der Waals surface area contributed by atoms with Gasteiger partial charge >= 0.3 is 0 Å². The quantitative estimate of drug-likeness (QED) is 0.136. The summed E-state index contributed by atoms with van der Waals surface area (Å²) in [5.74, 6) is -0.760. The van der Waals surface area contributed by atoms with Crippen molar-refractivity contribution in [1.29, 1.82) is 0 Å². The van der Waals surface area contributed by atoms with Gasteiger partial charge in [-0.3, -0.25) is 19.4 Å². The summed E-state index contributed by atoms with van der Waals surface area (Å²) in [6.45, 7) is 4.11. The van der Waals surface area contributed by atoms with Gasteiger partial charge in [0.25, 0.3) is 11.8 Å². The molecule has 0 saturated carbocycles. The van der Waals surface area contributed by atoms with Crippen LogP contribution in [0.15, 0.2) is 104 Å². The fourth-order valence-electron chi connectivity index (χ4n) is 5.87. The summed E-state index contributed by atoms with van der Waals surface area (Å²) in [5.41, 5.74) is 6.67. The maximum Gasteiger partial charge on any atom is 0.255 e. The van der Waals surface area contributed by atoms with Gasteiger partial charge in [0.1, 0.15) is 0 Å². The van der Waals surface area contributed by atoms with E-state index < -0.39 is 0 Å². The third-order valence-corrected chi connectivity index (χ3v) is 9.02. The van der Waals surface area contributed by atoms with E-state index in [1.165, 1.54) is 6.42 Å². The van der Waals surface area contributed by atoms with E-state index in [1.807, 2.05) is 73.8 Å². The highest BCUT2D eigenvalue weighted by Gasteiger charge is 2.18. The van der Waals surface area contributed by atoms with E-state index in [1.54, 1.807) is 41.3 Å². The summed E-state index contributed by atoms with van der Waals surface area (Å²) >= 11 is 3.95. The van der Waals surface area contributed by atoms with E-state index in [0.717, 1.165) is 54.0 Å². The Morgan fingerprint density at radius 1 is 0.812 bits per heavy atom. The molecule has 2 N–H and O–H groups in total. The van der Waals surface area contributed by atoms with Gasteiger partial charge in [0.2, 0.25) is 0 Å². The number of rotatable bonds is 11. The van der Waals surface area contributed by atoms with Crippen LogP contribution in [0.4, 0.5) is 11.4 Å². The van der Waals surface area contributed by atoms with E-state index in [-0.39, 0.29) is 22.8 Å². The lowest BCUT2D eigenvalue weighted by Crippen LogP contribution is -2.29. The fourth-order valence-corrected chi connectivity index (χ4v) is 5.96. The molecular formula is C38H38N6O3S. The van der Waals surface area contributed by atoms with Gasteiger partial charge in [0, 0.05) is 66.5 Å². The topological polar surface area (TPSA) is 109 Å².